The molecule has 3 fully saturated rings. The second-order valence-electron chi connectivity index (χ2n) is 22.1. The van der Waals surface area contributed by atoms with Crippen LogP contribution in [-0.2, 0) is 47.7 Å². The Morgan fingerprint density at radius 1 is 0.769 bits per heavy atom. The monoisotopic (exact) mass is 1310 g/mol. The third-order valence-electron chi connectivity index (χ3n) is 15.4. The Morgan fingerprint density at radius 2 is 1.40 bits per heavy atom. The lowest BCUT2D eigenvalue weighted by atomic mass is 9.96. The van der Waals surface area contributed by atoms with Gasteiger partial charge in [-0.2, -0.15) is 0 Å². The van der Waals surface area contributed by atoms with E-state index in [0.717, 1.165) is 72.8 Å². The number of phenols is 1. The van der Waals surface area contributed by atoms with Crippen LogP contribution in [0.25, 0.3) is 21.1 Å². The number of ether oxygens (including phenoxy) is 2. The summed E-state index contributed by atoms with van der Waals surface area (Å²) in [7, 11) is 1.68. The van der Waals surface area contributed by atoms with Crippen molar-refractivity contribution in [3.8, 4) is 38.4 Å². The molecule has 16 N–H and O–H groups in total. The summed E-state index contributed by atoms with van der Waals surface area (Å²) in [5.41, 5.74) is 6.37. The van der Waals surface area contributed by atoms with Crippen LogP contribution >= 0.6 is 23.7 Å². The zero-order chi connectivity index (χ0) is 66.2. The molecule has 0 radical (unpaired) electrons. The van der Waals surface area contributed by atoms with E-state index in [1.165, 1.54) is 30.4 Å². The molecule has 4 heterocycles. The molecule has 3 aliphatic heterocycles. The Hall–Kier alpha value is -7.71. The number of rotatable bonds is 23. The van der Waals surface area contributed by atoms with Crippen molar-refractivity contribution in [3.05, 3.63) is 77.9 Å². The van der Waals surface area contributed by atoms with E-state index in [1.54, 1.807) is 19.2 Å². The molecule has 91 heavy (non-hydrogen) atoms. The maximum atomic E-state index is 14.7. The quantitative estimate of drug-likeness (QED) is 0.0163. The molecule has 13 unspecified atom stereocenters. The first-order chi connectivity index (χ1) is 43.4. The summed E-state index contributed by atoms with van der Waals surface area (Å²) < 4.78 is 20.2. The fourth-order valence-corrected chi connectivity index (χ4v) is 11.6. The van der Waals surface area contributed by atoms with Gasteiger partial charge in [-0.1, -0.05) is 52.3 Å². The zero-order valence-corrected chi connectivity index (χ0v) is 51.1. The normalized spacial score (nSPS) is 25.1. The Morgan fingerprint density at radius 3 is 2.03 bits per heavy atom. The molecule has 14 atom stereocenters. The van der Waals surface area contributed by atoms with Crippen LogP contribution in [0.5, 0.6) is 17.2 Å². The summed E-state index contributed by atoms with van der Waals surface area (Å²) in [4.78, 5) is 115. The molecular formula is C57H74N10O22S2. The van der Waals surface area contributed by atoms with Crippen LogP contribution in [0.1, 0.15) is 80.8 Å². The second-order valence-corrected chi connectivity index (χ2v) is 23.5. The first kappa shape index (κ1) is 70.7. The third-order valence-corrected chi connectivity index (χ3v) is 16.8. The van der Waals surface area contributed by atoms with E-state index in [0.29, 0.717) is 27.9 Å². The van der Waals surface area contributed by atoms with Crippen LogP contribution in [0.4, 0.5) is 0 Å². The van der Waals surface area contributed by atoms with Crippen molar-refractivity contribution in [1.29, 1.82) is 0 Å². The number of carbonyl (C=O) groups is 8. The van der Waals surface area contributed by atoms with Crippen molar-refractivity contribution in [2.75, 3.05) is 40.0 Å². The number of amides is 8. The molecule has 34 heteroatoms. The number of methoxy groups -OCH3 is 1. The Kier molecular flexibility index (Phi) is 25.7. The summed E-state index contributed by atoms with van der Waals surface area (Å²) in [5, 5.41) is 124. The number of aliphatic hydroxyl groups is 7. The topological polar surface area (TPSA) is 483 Å². The van der Waals surface area contributed by atoms with E-state index in [9.17, 15) is 79.2 Å². The van der Waals surface area contributed by atoms with Gasteiger partial charge in [-0.05, 0) is 80.3 Å². The van der Waals surface area contributed by atoms with E-state index < -0.39 is 183 Å². The highest BCUT2D eigenvalue weighted by molar-refractivity contribution is 7.90. The number of β-amino-alcohol motifs (C(OH)–C–C–N with tert-alkyl or cyclic N) is 1. The maximum Gasteiger partial charge on any atom is 0.261 e. The number of phenolic OH excluding ortho intramolecular Hbond substituents is 1. The van der Waals surface area contributed by atoms with Gasteiger partial charge in [-0.15, -0.1) is 10.2 Å². The Balaban J connectivity index is 1.17. The minimum Gasteiger partial charge on any atom is -0.504 e. The molecule has 3 aliphatic rings. The number of benzene rings is 3. The van der Waals surface area contributed by atoms with Gasteiger partial charge in [-0.3, -0.25) is 38.4 Å². The number of hydrogen-bond acceptors (Lipinski definition) is 26. The van der Waals surface area contributed by atoms with Gasteiger partial charge in [-0.25, -0.2) is 5.26 Å². The molecule has 3 aromatic carbocycles. The molecule has 4 aromatic rings. The summed E-state index contributed by atoms with van der Waals surface area (Å²) in [6.07, 6.45) is -12.2. The third kappa shape index (κ3) is 18.5. The largest absolute Gasteiger partial charge is 0.504 e. The van der Waals surface area contributed by atoms with Crippen LogP contribution in [0.2, 0.25) is 0 Å². The van der Waals surface area contributed by atoms with E-state index >= 15 is 0 Å². The number of nitrogens with two attached hydrogens (primary N) is 1. The van der Waals surface area contributed by atoms with E-state index in [1.807, 2.05) is 24.3 Å². The molecule has 1 aromatic heterocycles. The molecule has 496 valence electrons. The van der Waals surface area contributed by atoms with Crippen LogP contribution in [0.15, 0.2) is 66.7 Å². The molecule has 32 nitrogen and oxygen atoms in total. The average molecular weight is 1320 g/mol. The predicted octanol–water partition coefficient (Wildman–Crippen LogP) is -2.16. The highest BCUT2D eigenvalue weighted by Crippen LogP contribution is 2.35. The highest BCUT2D eigenvalue weighted by Gasteiger charge is 2.50. The number of unbranched alkanes of at least 4 members (excludes halogenated alkanes) is 3. The highest BCUT2D eigenvalue weighted by atomic mass is 32.2. The number of nitrogens with zero attached hydrogens (tertiary/aromatic N) is 4. The van der Waals surface area contributed by atoms with Crippen LogP contribution in [0.3, 0.4) is 0 Å². The molecular weight excluding hydrogens is 1240 g/mol. The van der Waals surface area contributed by atoms with E-state index in [4.69, 9.17) is 24.6 Å². The van der Waals surface area contributed by atoms with Gasteiger partial charge >= 0.3 is 0 Å². The number of fused-ring (bicyclic) bond motifs is 2. The van der Waals surface area contributed by atoms with Crippen molar-refractivity contribution in [2.24, 2.45) is 11.7 Å². The Bertz CT molecular complexity index is 3170. The minimum atomic E-state index is -2.53. The lowest BCUT2D eigenvalue weighted by Gasteiger charge is -2.34. The number of carbonyl (C=O) groups excluding carboxylic acids is 8. The average Bonchev–Trinajstić information content (AvgIpc) is 1.75. The number of aromatic nitrogens is 2. The van der Waals surface area contributed by atoms with E-state index in [2.05, 4.69) is 46.2 Å². The van der Waals surface area contributed by atoms with Gasteiger partial charge < -0.3 is 96.6 Å². The van der Waals surface area contributed by atoms with Crippen LogP contribution in [0, 0.1) is 5.92 Å². The van der Waals surface area contributed by atoms with E-state index in [-0.39, 0.29) is 23.5 Å². The first-order valence-corrected chi connectivity index (χ1v) is 30.3. The lowest BCUT2D eigenvalue weighted by molar-refractivity contribution is -0.433. The smallest absolute Gasteiger partial charge is 0.261 e. The second kappa shape index (κ2) is 33.0. The number of hydrogen-bond donors (Lipinski definition) is 15. The van der Waals surface area contributed by atoms with Crippen LogP contribution < -0.4 is 41.2 Å². The molecule has 0 aliphatic carbocycles. The Labute approximate surface area is 528 Å². The van der Waals surface area contributed by atoms with Crippen molar-refractivity contribution in [3.63, 3.8) is 0 Å². The summed E-state index contributed by atoms with van der Waals surface area (Å²) >= 11 is 1.25. The van der Waals surface area contributed by atoms with Gasteiger partial charge in [0.2, 0.25) is 41.4 Å². The molecule has 0 spiro atoms. The van der Waals surface area contributed by atoms with Gasteiger partial charge in [0.05, 0.1) is 43.5 Å². The fourth-order valence-electron chi connectivity index (χ4n) is 10.5. The van der Waals surface area contributed by atoms with Gasteiger partial charge in [0.1, 0.15) is 64.2 Å². The number of aromatic hydroxyl groups is 1. The summed E-state index contributed by atoms with van der Waals surface area (Å²) in [5.74, 6) is -11.2. The number of nitrogens with one attached hydrogen (secondary N) is 5. The van der Waals surface area contributed by atoms with Gasteiger partial charge in [0.25, 0.3) is 18.2 Å². The number of primary amides is 1. The molecule has 3 saturated heterocycles. The number of aliphatic hydroxyl groups excluding tert-OH is 7. The maximum absolute atomic E-state index is 14.7. The fraction of sp³-hybridized carbons (Fsp3) is 0.509. The first-order valence-electron chi connectivity index (χ1n) is 28.9. The van der Waals surface area contributed by atoms with Gasteiger partial charge in [0.15, 0.2) is 11.5 Å². The van der Waals surface area contributed by atoms with Crippen molar-refractivity contribution in [1.82, 2.24) is 46.6 Å². The standard InChI is InChI=1S/C57H74N10O22S2/c1-27-25-67-45(46(27)74)53(81)59-24-33(69)21-36(60-49(77)29-8-10-30(11-9-29)54-64-65-55(90-54)31-12-15-35(16-13-31)86-19-7-5-4-6-18-85-3)50(78)61-42(28(2)68)56(82)66-26-34(70)22-37(66)51(79)63-44(52(80)62-43(57(67)83)39(72)23-41(58)73)48(76)47(75)32-14-17-38(71)40(20-32)87-91-89-88-84/h8-17,20,27-28,33-34,36-37,39,42-48,68-72,74-76,84H,4-7,18-19,21-26H2,1-3H3,(H2,58,73)(H,59,81)(H,60,77)(H,61,78)(H,62,80)(H,63,79)/t27?,28?,33?,34?,36-,37?,39?,42?,43?,44?,45?,46?,47?,48?/m0/s1. The summed E-state index contributed by atoms with van der Waals surface area (Å²) in [6.45, 7) is 1.97. The SMILES string of the molecule is COCCCCCCOc1ccc(-c2nnc(-c3ccc(C(=O)N[C@H]4CC(O)CNC(=O)C5C(O)C(C)CN5C(=O)C(C(O)CC(N)=O)NC(=O)C(C(O)C(O)c5ccc(O)c(OSOOO)c5)NC(=O)C5CC(O)CN5C(=O)C(C(C)O)NC4=O)cc3)s2)cc1. The lowest BCUT2D eigenvalue weighted by Crippen LogP contribution is -2.64. The molecule has 0 bridgehead atoms. The van der Waals surface area contributed by atoms with Crippen molar-refractivity contribution in [2.45, 2.75) is 138 Å². The van der Waals surface area contributed by atoms with Crippen LogP contribution in [-0.4, -0.2) is 226 Å². The molecule has 0 saturated carbocycles. The van der Waals surface area contributed by atoms with Crippen molar-refractivity contribution < 1.29 is 107 Å². The van der Waals surface area contributed by atoms with Crippen molar-refractivity contribution >= 4 is 70.9 Å². The van der Waals surface area contributed by atoms with Gasteiger partial charge in [0, 0.05) is 68.8 Å². The molecule has 8 amide bonds. The zero-order valence-electron chi connectivity index (χ0n) is 49.4. The minimum absolute atomic E-state index is 0.0156. The molecule has 7 rings (SSSR count). The predicted molar refractivity (Wildman–Crippen MR) is 318 cm³/mol. The summed E-state index contributed by atoms with van der Waals surface area (Å²) in [6, 6.07) is 4.00.